The highest BCUT2D eigenvalue weighted by Gasteiger charge is 2.48. The molecule has 2 aromatic carbocycles. The lowest BCUT2D eigenvalue weighted by atomic mass is 9.73. The van der Waals surface area contributed by atoms with Crippen LogP contribution in [0.5, 0.6) is 0 Å². The molecule has 0 radical (unpaired) electrons. The number of halogens is 3. The molecule has 0 aromatic heterocycles. The van der Waals surface area contributed by atoms with E-state index in [1.165, 1.54) is 12.1 Å². The molecule has 1 aliphatic rings. The molecular formula is C16H10BrCl2NO2. The first-order valence-electron chi connectivity index (χ1n) is 6.45. The summed E-state index contributed by atoms with van der Waals surface area (Å²) in [6, 6.07) is 10.1. The molecule has 6 heteroatoms. The van der Waals surface area contributed by atoms with Gasteiger partial charge in [0.05, 0.1) is 16.3 Å². The van der Waals surface area contributed by atoms with Crippen LogP contribution in [0.4, 0.5) is 5.69 Å². The maximum Gasteiger partial charge on any atom is 0.242 e. The van der Waals surface area contributed by atoms with Gasteiger partial charge < -0.3 is 5.32 Å². The lowest BCUT2D eigenvalue weighted by molar-refractivity contribution is -0.119. The average Bonchev–Trinajstić information content (AvgIpc) is 2.44. The van der Waals surface area contributed by atoms with E-state index < -0.39 is 11.3 Å². The highest BCUT2D eigenvalue weighted by atomic mass is 79.9. The summed E-state index contributed by atoms with van der Waals surface area (Å²) in [6.45, 7) is 1.60. The number of anilines is 1. The SMILES string of the molecule is CC1(c2ccc(Br)cc2)C(=O)Nc2cc(Cl)cc(Cl)c2C1=O. The number of carbonyl (C=O) groups excluding carboxylic acids is 2. The number of hydrogen-bond acceptors (Lipinski definition) is 2. The number of carbonyl (C=O) groups is 2. The number of hydrogen-bond donors (Lipinski definition) is 1. The van der Waals surface area contributed by atoms with Crippen LogP contribution in [0.3, 0.4) is 0 Å². The number of fused-ring (bicyclic) bond motifs is 1. The van der Waals surface area contributed by atoms with Crippen LogP contribution in [0.15, 0.2) is 40.9 Å². The zero-order valence-corrected chi connectivity index (χ0v) is 14.5. The van der Waals surface area contributed by atoms with Gasteiger partial charge >= 0.3 is 0 Å². The lowest BCUT2D eigenvalue weighted by Crippen LogP contribution is -2.48. The smallest absolute Gasteiger partial charge is 0.242 e. The number of Topliss-reactive ketones (excluding diaryl/α,β-unsaturated/α-hetero) is 1. The van der Waals surface area contributed by atoms with Crippen molar-refractivity contribution in [2.75, 3.05) is 5.32 Å². The summed E-state index contributed by atoms with van der Waals surface area (Å²) in [5.74, 6) is -0.735. The predicted molar refractivity (Wildman–Crippen MR) is 90.9 cm³/mol. The molecule has 0 saturated heterocycles. The standard InChI is InChI=1S/C16H10BrCl2NO2/c1-16(8-2-4-9(17)5-3-8)14(21)13-11(19)6-10(18)7-12(13)20-15(16)22/h2-7H,1H3,(H,20,22). The quantitative estimate of drug-likeness (QED) is 0.698. The molecule has 0 aliphatic carbocycles. The molecule has 1 N–H and O–H groups in total. The molecule has 0 spiro atoms. The van der Waals surface area contributed by atoms with Crippen molar-refractivity contribution in [1.82, 2.24) is 0 Å². The van der Waals surface area contributed by atoms with Gasteiger partial charge in [-0.2, -0.15) is 0 Å². The molecule has 1 unspecified atom stereocenters. The van der Waals surface area contributed by atoms with Crippen LogP contribution < -0.4 is 5.32 Å². The van der Waals surface area contributed by atoms with Gasteiger partial charge in [-0.15, -0.1) is 0 Å². The van der Waals surface area contributed by atoms with Crippen LogP contribution >= 0.6 is 39.1 Å². The largest absolute Gasteiger partial charge is 0.324 e. The summed E-state index contributed by atoms with van der Waals surface area (Å²) in [4.78, 5) is 25.5. The van der Waals surface area contributed by atoms with Crippen molar-refractivity contribution in [1.29, 1.82) is 0 Å². The molecule has 1 amide bonds. The lowest BCUT2D eigenvalue weighted by Gasteiger charge is -2.33. The minimum Gasteiger partial charge on any atom is -0.324 e. The second-order valence-corrected chi connectivity index (χ2v) is 6.98. The highest BCUT2D eigenvalue weighted by Crippen LogP contribution is 2.41. The van der Waals surface area contributed by atoms with Crippen molar-refractivity contribution in [2.45, 2.75) is 12.3 Å². The summed E-state index contributed by atoms with van der Waals surface area (Å²) in [5.41, 5.74) is -0.0847. The van der Waals surface area contributed by atoms with Gasteiger partial charge in [-0.3, -0.25) is 9.59 Å². The molecule has 2 aromatic rings. The monoisotopic (exact) mass is 397 g/mol. The molecule has 1 heterocycles. The number of amides is 1. The van der Waals surface area contributed by atoms with Crippen molar-refractivity contribution < 1.29 is 9.59 Å². The summed E-state index contributed by atoms with van der Waals surface area (Å²) >= 11 is 15.4. The molecule has 0 saturated carbocycles. The predicted octanol–water partition coefficient (Wildman–Crippen LogP) is 4.85. The zero-order chi connectivity index (χ0) is 16.1. The van der Waals surface area contributed by atoms with E-state index in [2.05, 4.69) is 21.2 Å². The van der Waals surface area contributed by atoms with Crippen LogP contribution in [0.25, 0.3) is 0 Å². The van der Waals surface area contributed by atoms with E-state index in [0.29, 0.717) is 16.3 Å². The van der Waals surface area contributed by atoms with Gasteiger partial charge in [0.2, 0.25) is 5.91 Å². The Morgan fingerprint density at radius 2 is 1.73 bits per heavy atom. The van der Waals surface area contributed by atoms with Crippen LogP contribution in [0, 0.1) is 0 Å². The highest BCUT2D eigenvalue weighted by molar-refractivity contribution is 9.10. The molecule has 3 rings (SSSR count). The Balaban J connectivity index is 2.20. The molecule has 112 valence electrons. The second kappa shape index (κ2) is 5.37. The van der Waals surface area contributed by atoms with Gasteiger partial charge in [0.25, 0.3) is 0 Å². The average molecular weight is 399 g/mol. The Labute approximate surface area is 145 Å². The second-order valence-electron chi connectivity index (χ2n) is 5.23. The fraction of sp³-hybridized carbons (Fsp3) is 0.125. The fourth-order valence-electron chi connectivity index (χ4n) is 2.55. The van der Waals surface area contributed by atoms with Gasteiger partial charge in [0.1, 0.15) is 5.41 Å². The van der Waals surface area contributed by atoms with Gasteiger partial charge in [-0.25, -0.2) is 0 Å². The van der Waals surface area contributed by atoms with Crippen molar-refractivity contribution in [2.24, 2.45) is 0 Å². The van der Waals surface area contributed by atoms with Gasteiger partial charge in [0.15, 0.2) is 5.78 Å². The van der Waals surface area contributed by atoms with E-state index in [1.54, 1.807) is 31.2 Å². The van der Waals surface area contributed by atoms with Gasteiger partial charge in [-0.05, 0) is 36.8 Å². The van der Waals surface area contributed by atoms with Crippen molar-refractivity contribution in [3.63, 3.8) is 0 Å². The first-order chi connectivity index (χ1) is 10.3. The van der Waals surface area contributed by atoms with E-state index in [4.69, 9.17) is 23.2 Å². The van der Waals surface area contributed by atoms with Crippen LogP contribution in [0.1, 0.15) is 22.8 Å². The molecule has 1 aliphatic heterocycles. The number of rotatable bonds is 1. The third-order valence-electron chi connectivity index (χ3n) is 3.86. The minimum atomic E-state index is -1.33. The number of nitrogens with one attached hydrogen (secondary N) is 1. The Kier molecular flexibility index (Phi) is 3.79. The van der Waals surface area contributed by atoms with Gasteiger partial charge in [0, 0.05) is 9.50 Å². The van der Waals surface area contributed by atoms with E-state index >= 15 is 0 Å². The van der Waals surface area contributed by atoms with Crippen molar-refractivity contribution in [3.8, 4) is 0 Å². The van der Waals surface area contributed by atoms with Crippen LogP contribution in [-0.4, -0.2) is 11.7 Å². The van der Waals surface area contributed by atoms with E-state index in [0.717, 1.165) is 4.47 Å². The van der Waals surface area contributed by atoms with Crippen LogP contribution in [0.2, 0.25) is 10.0 Å². The summed E-state index contributed by atoms with van der Waals surface area (Å²) in [5, 5.41) is 3.33. The first kappa shape index (κ1) is 15.5. The Morgan fingerprint density at radius 3 is 2.36 bits per heavy atom. The topological polar surface area (TPSA) is 46.2 Å². The molecule has 0 fully saturated rings. The van der Waals surface area contributed by atoms with Crippen molar-refractivity contribution in [3.05, 3.63) is 62.0 Å². The Bertz CT molecular complexity index is 805. The van der Waals surface area contributed by atoms with Crippen molar-refractivity contribution >= 4 is 56.5 Å². The molecular weight excluding hydrogens is 389 g/mol. The summed E-state index contributed by atoms with van der Waals surface area (Å²) < 4.78 is 0.869. The Morgan fingerprint density at radius 1 is 1.09 bits per heavy atom. The molecule has 3 nitrogen and oxygen atoms in total. The number of ketones is 1. The molecule has 0 bridgehead atoms. The van der Waals surface area contributed by atoms with E-state index in [1.807, 2.05) is 0 Å². The van der Waals surface area contributed by atoms with Gasteiger partial charge in [-0.1, -0.05) is 51.3 Å². The minimum absolute atomic E-state index is 0.232. The zero-order valence-electron chi connectivity index (χ0n) is 11.4. The molecule has 22 heavy (non-hydrogen) atoms. The molecule has 1 atom stereocenters. The maximum absolute atomic E-state index is 13.0. The van der Waals surface area contributed by atoms with Crippen LogP contribution in [-0.2, 0) is 10.2 Å². The first-order valence-corrected chi connectivity index (χ1v) is 8.00. The third-order valence-corrected chi connectivity index (χ3v) is 4.91. The fourth-order valence-corrected chi connectivity index (χ4v) is 3.39. The Hall–Kier alpha value is -1.36. The third kappa shape index (κ3) is 2.26. The summed E-state index contributed by atoms with van der Waals surface area (Å²) in [6.07, 6.45) is 0. The normalized spacial score (nSPS) is 20.5. The van der Waals surface area contributed by atoms with E-state index in [-0.39, 0.29) is 16.4 Å². The summed E-state index contributed by atoms with van der Waals surface area (Å²) in [7, 11) is 0. The van der Waals surface area contributed by atoms with E-state index in [9.17, 15) is 9.59 Å². The number of benzene rings is 2. The maximum atomic E-state index is 13.0.